The number of nitrogens with zero attached hydrogens (tertiary/aromatic N) is 1. The second-order valence-electron chi connectivity index (χ2n) is 4.17. The molecule has 110 valence electrons. The first-order valence-electron chi connectivity index (χ1n) is 5.69. The highest BCUT2D eigenvalue weighted by Crippen LogP contribution is 2.34. The fourth-order valence-corrected chi connectivity index (χ4v) is 2.69. The fourth-order valence-electron chi connectivity index (χ4n) is 1.74. The van der Waals surface area contributed by atoms with Crippen molar-refractivity contribution in [1.29, 1.82) is 0 Å². The van der Waals surface area contributed by atoms with Crippen molar-refractivity contribution in [2.24, 2.45) is 0 Å². The third-order valence-corrected chi connectivity index (χ3v) is 3.44. The van der Waals surface area contributed by atoms with Crippen LogP contribution in [0, 0.1) is 15.9 Å². The average molecular weight is 350 g/mol. The Kier molecular flexibility index (Phi) is 4.88. The molecule has 0 atom stereocenters. The van der Waals surface area contributed by atoms with E-state index >= 15 is 0 Å². The molecule has 0 fully saturated rings. The summed E-state index contributed by atoms with van der Waals surface area (Å²) in [5.74, 6) is -0.686. The number of anilines is 1. The van der Waals surface area contributed by atoms with Crippen molar-refractivity contribution >= 4 is 46.2 Å². The molecule has 4 nitrogen and oxygen atoms in total. The predicted octanol–water partition coefficient (Wildman–Crippen LogP) is 5.31. The van der Waals surface area contributed by atoms with Crippen molar-refractivity contribution in [2.45, 2.75) is 6.54 Å². The lowest BCUT2D eigenvalue weighted by molar-refractivity contribution is -0.385. The third-order valence-electron chi connectivity index (χ3n) is 2.63. The van der Waals surface area contributed by atoms with Gasteiger partial charge in [-0.3, -0.25) is 10.1 Å². The standard InChI is InChI=1S/C13H8Cl3FN2O2/c14-8-3-11(15)13(12(16)4-8)18-6-7-1-9(17)5-10(2-7)19(20)21/h1-5,18H,6H2. The van der Waals surface area contributed by atoms with Gasteiger partial charge in [0.25, 0.3) is 5.69 Å². The van der Waals surface area contributed by atoms with Gasteiger partial charge in [-0.1, -0.05) is 34.8 Å². The molecule has 0 radical (unpaired) electrons. The molecule has 0 unspecified atom stereocenters. The average Bonchev–Trinajstić information content (AvgIpc) is 2.36. The zero-order valence-electron chi connectivity index (χ0n) is 10.4. The van der Waals surface area contributed by atoms with Crippen LogP contribution in [-0.4, -0.2) is 4.92 Å². The zero-order chi connectivity index (χ0) is 15.6. The summed E-state index contributed by atoms with van der Waals surface area (Å²) < 4.78 is 13.3. The SMILES string of the molecule is O=[N+]([O-])c1cc(F)cc(CNc2c(Cl)cc(Cl)cc2Cl)c1. The number of hydrogen-bond acceptors (Lipinski definition) is 3. The monoisotopic (exact) mass is 348 g/mol. The number of benzene rings is 2. The highest BCUT2D eigenvalue weighted by molar-refractivity contribution is 6.41. The predicted molar refractivity (Wildman–Crippen MR) is 81.9 cm³/mol. The molecule has 8 heteroatoms. The Balaban J connectivity index is 2.23. The molecular weight excluding hydrogens is 342 g/mol. The maximum atomic E-state index is 13.3. The van der Waals surface area contributed by atoms with Gasteiger partial charge in [0.15, 0.2) is 0 Å². The molecule has 21 heavy (non-hydrogen) atoms. The van der Waals surface area contributed by atoms with Gasteiger partial charge in [0, 0.05) is 17.6 Å². The molecule has 0 amide bonds. The van der Waals surface area contributed by atoms with Crippen LogP contribution in [-0.2, 0) is 6.54 Å². The lowest BCUT2D eigenvalue weighted by Crippen LogP contribution is -2.02. The Labute approximate surface area is 134 Å². The second-order valence-corrected chi connectivity index (χ2v) is 5.42. The number of hydrogen-bond donors (Lipinski definition) is 1. The van der Waals surface area contributed by atoms with E-state index in [0.29, 0.717) is 26.3 Å². The number of rotatable bonds is 4. The van der Waals surface area contributed by atoms with Gasteiger partial charge in [0.05, 0.1) is 26.7 Å². The van der Waals surface area contributed by atoms with Crippen molar-refractivity contribution in [3.63, 3.8) is 0 Å². The van der Waals surface area contributed by atoms with E-state index in [0.717, 1.165) is 6.07 Å². The molecule has 0 saturated carbocycles. The van der Waals surface area contributed by atoms with Crippen LogP contribution in [0.1, 0.15) is 5.56 Å². The first-order valence-corrected chi connectivity index (χ1v) is 6.82. The molecule has 0 bridgehead atoms. The minimum atomic E-state index is -0.686. The van der Waals surface area contributed by atoms with Gasteiger partial charge >= 0.3 is 0 Å². The van der Waals surface area contributed by atoms with E-state index in [2.05, 4.69) is 5.32 Å². The van der Waals surface area contributed by atoms with E-state index in [1.165, 1.54) is 24.3 Å². The lowest BCUT2D eigenvalue weighted by Gasteiger charge is -2.11. The van der Waals surface area contributed by atoms with E-state index in [1.807, 2.05) is 0 Å². The highest BCUT2D eigenvalue weighted by Gasteiger charge is 2.11. The Morgan fingerprint density at radius 2 is 1.71 bits per heavy atom. The number of nitro groups is 1. The van der Waals surface area contributed by atoms with Gasteiger partial charge in [0.1, 0.15) is 5.82 Å². The van der Waals surface area contributed by atoms with Crippen molar-refractivity contribution in [3.05, 3.63) is 66.9 Å². The molecule has 0 aliphatic rings. The first-order chi connectivity index (χ1) is 9.86. The fraction of sp³-hybridized carbons (Fsp3) is 0.0769. The minimum absolute atomic E-state index is 0.125. The number of halogens is 4. The van der Waals surface area contributed by atoms with Crippen LogP contribution in [0.4, 0.5) is 15.8 Å². The lowest BCUT2D eigenvalue weighted by atomic mass is 10.2. The van der Waals surface area contributed by atoms with E-state index in [-0.39, 0.29) is 12.2 Å². The smallest absolute Gasteiger partial charge is 0.272 e. The molecule has 2 aromatic rings. The molecule has 0 spiro atoms. The summed E-state index contributed by atoms with van der Waals surface area (Å²) in [4.78, 5) is 10.0. The van der Waals surface area contributed by atoms with Crippen LogP contribution in [0.2, 0.25) is 15.1 Å². The topological polar surface area (TPSA) is 55.2 Å². The Morgan fingerprint density at radius 1 is 1.10 bits per heavy atom. The van der Waals surface area contributed by atoms with Gasteiger partial charge in [0.2, 0.25) is 0 Å². The Morgan fingerprint density at radius 3 is 2.29 bits per heavy atom. The molecule has 0 aliphatic carbocycles. The summed E-state index contributed by atoms with van der Waals surface area (Å²) in [5.41, 5.74) is 0.499. The molecule has 1 N–H and O–H groups in total. The summed E-state index contributed by atoms with van der Waals surface area (Å²) in [6.07, 6.45) is 0. The largest absolute Gasteiger partial charge is 0.379 e. The van der Waals surface area contributed by atoms with Crippen LogP contribution in [0.5, 0.6) is 0 Å². The van der Waals surface area contributed by atoms with E-state index in [1.54, 1.807) is 0 Å². The summed E-state index contributed by atoms with van der Waals surface area (Å²) >= 11 is 17.8. The quantitative estimate of drug-likeness (QED) is 0.601. The van der Waals surface area contributed by atoms with Crippen molar-refractivity contribution < 1.29 is 9.31 Å². The molecular formula is C13H8Cl3FN2O2. The molecule has 2 rings (SSSR count). The molecule has 0 saturated heterocycles. The molecule has 0 aromatic heterocycles. The Hall–Kier alpha value is -1.56. The van der Waals surface area contributed by atoms with Gasteiger partial charge in [-0.25, -0.2) is 4.39 Å². The van der Waals surface area contributed by atoms with E-state index in [9.17, 15) is 14.5 Å². The molecule has 0 heterocycles. The summed E-state index contributed by atoms with van der Waals surface area (Å²) in [5, 5.41) is 14.6. The maximum absolute atomic E-state index is 13.3. The van der Waals surface area contributed by atoms with Gasteiger partial charge in [-0.05, 0) is 23.8 Å². The summed E-state index contributed by atoms with van der Waals surface area (Å²) in [6, 6.07) is 6.33. The maximum Gasteiger partial charge on any atom is 0.272 e. The van der Waals surface area contributed by atoms with Crippen molar-refractivity contribution in [2.75, 3.05) is 5.32 Å². The third kappa shape index (κ3) is 3.97. The van der Waals surface area contributed by atoms with Crippen LogP contribution in [0.25, 0.3) is 0 Å². The highest BCUT2D eigenvalue weighted by atomic mass is 35.5. The minimum Gasteiger partial charge on any atom is -0.379 e. The molecule has 0 aliphatic heterocycles. The second kappa shape index (κ2) is 6.47. The van der Waals surface area contributed by atoms with Crippen molar-refractivity contribution in [3.8, 4) is 0 Å². The van der Waals surface area contributed by atoms with Crippen LogP contribution < -0.4 is 5.32 Å². The van der Waals surface area contributed by atoms with Crippen LogP contribution in [0.3, 0.4) is 0 Å². The Bertz CT molecular complexity index is 687. The van der Waals surface area contributed by atoms with Gasteiger partial charge in [-0.2, -0.15) is 0 Å². The zero-order valence-corrected chi connectivity index (χ0v) is 12.6. The first kappa shape index (κ1) is 15.8. The van der Waals surface area contributed by atoms with Crippen molar-refractivity contribution in [1.82, 2.24) is 0 Å². The van der Waals surface area contributed by atoms with Crippen LogP contribution in [0.15, 0.2) is 30.3 Å². The van der Waals surface area contributed by atoms with Gasteiger partial charge in [-0.15, -0.1) is 0 Å². The summed E-state index contributed by atoms with van der Waals surface area (Å²) in [6.45, 7) is 0.125. The normalized spacial score (nSPS) is 10.5. The van der Waals surface area contributed by atoms with E-state index < -0.39 is 10.7 Å². The van der Waals surface area contributed by atoms with E-state index in [4.69, 9.17) is 34.8 Å². The summed E-state index contributed by atoms with van der Waals surface area (Å²) in [7, 11) is 0. The number of nitrogens with one attached hydrogen (secondary N) is 1. The number of non-ortho nitro benzene ring substituents is 1. The molecule has 2 aromatic carbocycles. The van der Waals surface area contributed by atoms with Gasteiger partial charge < -0.3 is 5.32 Å². The van der Waals surface area contributed by atoms with Crippen LogP contribution >= 0.6 is 34.8 Å². The number of nitro benzene ring substituents is 1.